The van der Waals surface area contributed by atoms with Crippen LogP contribution in [-0.4, -0.2) is 4.57 Å². The molecule has 0 saturated carbocycles. The Morgan fingerprint density at radius 3 is 0.878 bits per heavy atom. The lowest BCUT2D eigenvalue weighted by Crippen LogP contribution is -2.09. The van der Waals surface area contributed by atoms with Crippen molar-refractivity contribution in [2.75, 3.05) is 9.80 Å². The average Bonchev–Trinajstić information content (AvgIpc) is 3.79. The van der Waals surface area contributed by atoms with Crippen molar-refractivity contribution < 1.29 is 22.0 Å². The van der Waals surface area contributed by atoms with Gasteiger partial charge in [0.15, 0.2) is 23.3 Å². The minimum absolute atomic E-state index is 0.128. The third kappa shape index (κ3) is 8.32. The van der Waals surface area contributed by atoms with Crippen molar-refractivity contribution in [2.24, 2.45) is 0 Å². The first kappa shape index (κ1) is 45.6. The number of halogens is 5. The van der Waals surface area contributed by atoms with Crippen molar-refractivity contribution in [1.82, 2.24) is 4.57 Å². The second-order valence-electron chi connectivity index (χ2n) is 18.0. The molecule has 12 aromatic rings. The number of hydrogen-bond donors (Lipinski definition) is 0. The topological polar surface area (TPSA) is 11.4 Å². The van der Waals surface area contributed by atoms with Gasteiger partial charge in [-0.1, -0.05) is 146 Å². The van der Waals surface area contributed by atoms with Crippen LogP contribution in [0.4, 0.5) is 56.1 Å². The van der Waals surface area contributed by atoms with E-state index >= 15 is 0 Å². The number of hydrogen-bond acceptors (Lipinski definition) is 2. The van der Waals surface area contributed by atoms with Crippen molar-refractivity contribution in [2.45, 2.75) is 0 Å². The van der Waals surface area contributed by atoms with Gasteiger partial charge in [-0.25, -0.2) is 22.0 Å². The zero-order chi connectivity index (χ0) is 50.3. The fraction of sp³-hybridized carbons (Fsp3) is 0. The minimum Gasteiger partial charge on any atom is -0.311 e. The monoisotopic (exact) mass is 971 g/mol. The Kier molecular flexibility index (Phi) is 11.9. The molecule has 74 heavy (non-hydrogen) atoms. The number of benzene rings is 11. The van der Waals surface area contributed by atoms with Gasteiger partial charge in [0.2, 0.25) is 5.82 Å². The molecule has 0 aliphatic carbocycles. The van der Waals surface area contributed by atoms with Gasteiger partial charge in [-0.15, -0.1) is 0 Å². The molecular weight excluding hydrogens is 930 g/mol. The van der Waals surface area contributed by atoms with Crippen LogP contribution in [-0.2, 0) is 0 Å². The molecule has 0 bridgehead atoms. The quantitative estimate of drug-likeness (QED) is 0.0727. The molecular formula is C66H42F5N3. The molecule has 0 unspecified atom stereocenters. The van der Waals surface area contributed by atoms with Crippen molar-refractivity contribution >= 4 is 55.9 Å². The smallest absolute Gasteiger partial charge is 0.200 e. The summed E-state index contributed by atoms with van der Waals surface area (Å²) in [7, 11) is 0. The largest absolute Gasteiger partial charge is 0.311 e. The number of anilines is 6. The second-order valence-corrected chi connectivity index (χ2v) is 18.0. The van der Waals surface area contributed by atoms with E-state index in [0.717, 1.165) is 89.4 Å². The molecule has 0 saturated heterocycles. The highest BCUT2D eigenvalue weighted by Gasteiger charge is 2.27. The number of rotatable bonds is 11. The van der Waals surface area contributed by atoms with Gasteiger partial charge in [0, 0.05) is 50.6 Å². The first-order valence-electron chi connectivity index (χ1n) is 24.1. The Labute approximate surface area is 424 Å². The fourth-order valence-corrected chi connectivity index (χ4v) is 9.96. The Bertz CT molecular complexity index is 3670. The summed E-state index contributed by atoms with van der Waals surface area (Å²) in [6.07, 6.45) is 0. The Hall–Kier alpha value is -9.53. The van der Waals surface area contributed by atoms with E-state index in [-0.39, 0.29) is 5.56 Å². The van der Waals surface area contributed by atoms with Crippen molar-refractivity contribution in [3.63, 3.8) is 0 Å². The third-order valence-corrected chi connectivity index (χ3v) is 13.6. The van der Waals surface area contributed by atoms with Crippen LogP contribution >= 0.6 is 0 Å². The molecule has 0 radical (unpaired) electrons. The lowest BCUT2D eigenvalue weighted by Gasteiger charge is -2.25. The molecule has 0 atom stereocenters. The zero-order valence-corrected chi connectivity index (χ0v) is 39.5. The molecule has 356 valence electrons. The predicted octanol–water partition coefficient (Wildman–Crippen LogP) is 19.1. The van der Waals surface area contributed by atoms with E-state index in [1.54, 1.807) is 12.1 Å². The van der Waals surface area contributed by atoms with Crippen LogP contribution in [0.15, 0.2) is 255 Å². The van der Waals surface area contributed by atoms with E-state index in [1.165, 1.54) is 12.1 Å². The number of para-hydroxylation sites is 4. The molecule has 0 amide bonds. The Morgan fingerprint density at radius 2 is 0.514 bits per heavy atom. The van der Waals surface area contributed by atoms with Gasteiger partial charge in [0.05, 0.1) is 16.6 Å². The van der Waals surface area contributed by atoms with Gasteiger partial charge in [-0.3, -0.25) is 0 Å². The molecule has 0 fully saturated rings. The summed E-state index contributed by atoms with van der Waals surface area (Å²) in [5.41, 5.74) is 13.9. The lowest BCUT2D eigenvalue weighted by molar-refractivity contribution is 0.381. The van der Waals surface area contributed by atoms with E-state index in [1.807, 2.05) is 97.1 Å². The predicted molar refractivity (Wildman–Crippen MR) is 292 cm³/mol. The average molecular weight is 972 g/mol. The molecule has 8 heteroatoms. The van der Waals surface area contributed by atoms with Gasteiger partial charge in [0.1, 0.15) is 0 Å². The standard InChI is InChI=1S/C66H42F5N3/c67-62-61(63(68)65(70)66(71)64(62)69)47-23-21-43(22-24-47)44-25-37-56(38-26-44)74-59-39-31-48(45-27-33-54(34-28-45)72(50-13-5-1-6-14-50)51-15-7-2-8-16-51)41-57(59)58-42-49(32-40-60(58)74)46-29-35-55(36-30-46)73(52-17-9-3-10-18-52)53-19-11-4-12-20-53/h1-42H. The SMILES string of the molecule is Fc1c(F)c(F)c(-c2ccc(-c3ccc(-n4c5ccc(-c6ccc(N(c7ccccc7)c7ccccc7)cc6)cc5c5cc(-c6ccc(N(c7ccccc7)c7ccccc7)cc6)ccc54)cc3)cc2)c(F)c1F. The van der Waals surface area contributed by atoms with E-state index in [4.69, 9.17) is 0 Å². The lowest BCUT2D eigenvalue weighted by atomic mass is 9.99. The third-order valence-electron chi connectivity index (χ3n) is 13.6. The van der Waals surface area contributed by atoms with Crippen molar-refractivity contribution in [1.29, 1.82) is 0 Å². The summed E-state index contributed by atoms with van der Waals surface area (Å²) in [6.45, 7) is 0. The molecule has 0 spiro atoms. The van der Waals surface area contributed by atoms with Crippen LogP contribution < -0.4 is 9.80 Å². The highest BCUT2D eigenvalue weighted by molar-refractivity contribution is 6.11. The van der Waals surface area contributed by atoms with Gasteiger partial charge in [-0.05, 0) is 148 Å². The second kappa shape index (κ2) is 19.2. The van der Waals surface area contributed by atoms with Gasteiger partial charge >= 0.3 is 0 Å². The number of aromatic nitrogens is 1. The van der Waals surface area contributed by atoms with E-state index in [9.17, 15) is 22.0 Å². The first-order valence-corrected chi connectivity index (χ1v) is 24.1. The molecule has 12 rings (SSSR count). The first-order chi connectivity index (χ1) is 36.3. The van der Waals surface area contributed by atoms with Crippen LogP contribution in [0.1, 0.15) is 0 Å². The van der Waals surface area contributed by atoms with Gasteiger partial charge in [-0.2, -0.15) is 0 Å². The molecule has 11 aromatic carbocycles. The van der Waals surface area contributed by atoms with E-state index in [0.29, 0.717) is 5.56 Å². The minimum atomic E-state index is -2.19. The molecule has 0 aliphatic heterocycles. The molecule has 0 N–H and O–H groups in total. The summed E-state index contributed by atoms with van der Waals surface area (Å²) in [5.74, 6) is -9.90. The molecule has 1 aromatic heterocycles. The highest BCUT2D eigenvalue weighted by atomic mass is 19.2. The fourth-order valence-electron chi connectivity index (χ4n) is 9.96. The van der Waals surface area contributed by atoms with Crippen LogP contribution in [0.2, 0.25) is 0 Å². The number of nitrogens with zero attached hydrogens (tertiary/aromatic N) is 3. The van der Waals surface area contributed by atoms with E-state index in [2.05, 4.69) is 148 Å². The van der Waals surface area contributed by atoms with Crippen molar-refractivity contribution in [3.8, 4) is 50.2 Å². The molecule has 0 aliphatic rings. The maximum atomic E-state index is 14.7. The zero-order valence-electron chi connectivity index (χ0n) is 39.5. The van der Waals surface area contributed by atoms with Crippen LogP contribution in [0.3, 0.4) is 0 Å². The van der Waals surface area contributed by atoms with Gasteiger partial charge < -0.3 is 14.4 Å². The highest BCUT2D eigenvalue weighted by Crippen LogP contribution is 2.41. The maximum Gasteiger partial charge on any atom is 0.200 e. The summed E-state index contributed by atoms with van der Waals surface area (Å²) in [6, 6.07) is 85.7. The van der Waals surface area contributed by atoms with Crippen LogP contribution in [0, 0.1) is 29.1 Å². The summed E-state index contributed by atoms with van der Waals surface area (Å²) < 4.78 is 73.6. The van der Waals surface area contributed by atoms with Crippen LogP contribution in [0.5, 0.6) is 0 Å². The van der Waals surface area contributed by atoms with Crippen LogP contribution in [0.25, 0.3) is 72.0 Å². The molecule has 1 heterocycles. The maximum absolute atomic E-state index is 14.7. The van der Waals surface area contributed by atoms with E-state index < -0.39 is 34.6 Å². The number of fused-ring (bicyclic) bond motifs is 3. The Balaban J connectivity index is 0.931. The normalized spacial score (nSPS) is 11.3. The molecule has 3 nitrogen and oxygen atoms in total. The summed E-state index contributed by atoms with van der Waals surface area (Å²) >= 11 is 0. The Morgan fingerprint density at radius 1 is 0.243 bits per heavy atom. The van der Waals surface area contributed by atoms with Gasteiger partial charge in [0.25, 0.3) is 0 Å². The van der Waals surface area contributed by atoms with Crippen molar-refractivity contribution in [3.05, 3.63) is 284 Å². The summed E-state index contributed by atoms with van der Waals surface area (Å²) in [5, 5.41) is 2.14. The summed E-state index contributed by atoms with van der Waals surface area (Å²) in [4.78, 5) is 4.49.